The van der Waals surface area contributed by atoms with Crippen LogP contribution in [0.15, 0.2) is 24.5 Å². The van der Waals surface area contributed by atoms with Crippen molar-refractivity contribution in [1.82, 2.24) is 9.88 Å². The average Bonchev–Trinajstić information content (AvgIpc) is 2.90. The first kappa shape index (κ1) is 15.5. The lowest BCUT2D eigenvalue weighted by molar-refractivity contribution is -0.0666. The van der Waals surface area contributed by atoms with Crippen molar-refractivity contribution in [1.29, 1.82) is 0 Å². The van der Waals surface area contributed by atoms with Gasteiger partial charge in [-0.15, -0.1) is 0 Å². The summed E-state index contributed by atoms with van der Waals surface area (Å²) in [4.78, 5) is 6.83. The Morgan fingerprint density at radius 1 is 1.17 bits per heavy atom. The van der Waals surface area contributed by atoms with Crippen molar-refractivity contribution in [2.24, 2.45) is 0 Å². The summed E-state index contributed by atoms with van der Waals surface area (Å²) >= 11 is 0. The maximum atomic E-state index is 6.32. The minimum Gasteiger partial charge on any atom is -0.381 e. The van der Waals surface area contributed by atoms with E-state index in [9.17, 15) is 0 Å². The Labute approximate surface area is 137 Å². The predicted octanol–water partition coefficient (Wildman–Crippen LogP) is 2.01. The number of nitrogens with zero attached hydrogens (tertiary/aromatic N) is 2. The predicted molar refractivity (Wildman–Crippen MR) is 86.1 cm³/mol. The number of fused-ring (bicyclic) bond motifs is 2. The number of pyridine rings is 1. The molecule has 0 spiro atoms. The number of aromatic nitrogens is 1. The molecule has 0 N–H and O–H groups in total. The van der Waals surface area contributed by atoms with Crippen molar-refractivity contribution in [3.63, 3.8) is 0 Å². The van der Waals surface area contributed by atoms with Gasteiger partial charge in [0.2, 0.25) is 0 Å². The molecule has 3 fully saturated rings. The second kappa shape index (κ2) is 7.26. The minimum absolute atomic E-state index is 0.181. The molecule has 1 aromatic rings. The molecule has 4 rings (SSSR count). The fraction of sp³-hybridized carbons (Fsp3) is 0.722. The standard InChI is InChI=1S/C18H26N2O3/c1-2-14(12-19-7-1)13-23-18-16-3-4-17(18)22-11-8-20(16)15-5-9-21-10-6-15/h1-2,7,12,15-18H,3-6,8-11,13H2/t16-,17-,18+/m1/s1. The van der Waals surface area contributed by atoms with Crippen LogP contribution in [0, 0.1) is 0 Å². The topological polar surface area (TPSA) is 43.8 Å². The number of hydrogen-bond donors (Lipinski definition) is 0. The highest BCUT2D eigenvalue weighted by Crippen LogP contribution is 2.35. The third kappa shape index (κ3) is 3.43. The highest BCUT2D eigenvalue weighted by molar-refractivity contribution is 5.07. The SMILES string of the molecule is c1cncc(CO[C@H]2[C@H]3CC[C@H]2OCCN3C2CCOCC2)c1. The molecule has 1 aromatic heterocycles. The third-order valence-electron chi connectivity index (χ3n) is 5.43. The van der Waals surface area contributed by atoms with Crippen LogP contribution in [-0.4, -0.2) is 60.5 Å². The molecular weight excluding hydrogens is 292 g/mol. The lowest BCUT2D eigenvalue weighted by atomic mass is 10.0. The highest BCUT2D eigenvalue weighted by atomic mass is 16.5. The summed E-state index contributed by atoms with van der Waals surface area (Å²) in [6.07, 6.45) is 8.68. The van der Waals surface area contributed by atoms with Crippen LogP contribution >= 0.6 is 0 Å². The van der Waals surface area contributed by atoms with E-state index in [2.05, 4.69) is 16.0 Å². The lowest BCUT2D eigenvalue weighted by Gasteiger charge is -2.39. The van der Waals surface area contributed by atoms with Crippen LogP contribution in [0.4, 0.5) is 0 Å². The number of hydrogen-bond acceptors (Lipinski definition) is 5. The van der Waals surface area contributed by atoms with E-state index in [0.29, 0.717) is 18.7 Å². The van der Waals surface area contributed by atoms with E-state index < -0.39 is 0 Å². The van der Waals surface area contributed by atoms with Crippen molar-refractivity contribution in [2.75, 3.05) is 26.4 Å². The van der Waals surface area contributed by atoms with Gasteiger partial charge in [0, 0.05) is 44.2 Å². The Morgan fingerprint density at radius 2 is 2.09 bits per heavy atom. The fourth-order valence-corrected chi connectivity index (χ4v) is 4.28. The summed E-state index contributed by atoms with van der Waals surface area (Å²) < 4.78 is 18.0. The van der Waals surface area contributed by atoms with E-state index in [4.69, 9.17) is 14.2 Å². The molecule has 0 radical (unpaired) electrons. The van der Waals surface area contributed by atoms with Gasteiger partial charge < -0.3 is 14.2 Å². The Kier molecular flexibility index (Phi) is 4.90. The first-order chi connectivity index (χ1) is 11.4. The van der Waals surface area contributed by atoms with Gasteiger partial charge in [0.15, 0.2) is 0 Å². The Bertz CT molecular complexity index is 492. The Hall–Kier alpha value is -1.01. The second-order valence-electron chi connectivity index (χ2n) is 6.77. The molecule has 3 atom stereocenters. The first-order valence-corrected chi connectivity index (χ1v) is 8.87. The molecule has 0 unspecified atom stereocenters. The molecule has 1 saturated carbocycles. The van der Waals surface area contributed by atoms with Gasteiger partial charge in [-0.2, -0.15) is 0 Å². The molecule has 2 saturated heterocycles. The Balaban J connectivity index is 1.44. The zero-order chi connectivity index (χ0) is 15.5. The molecule has 5 heteroatoms. The quantitative estimate of drug-likeness (QED) is 0.850. The number of ether oxygens (including phenoxy) is 3. The van der Waals surface area contributed by atoms with E-state index in [-0.39, 0.29) is 12.2 Å². The minimum atomic E-state index is 0.181. The number of rotatable bonds is 4. The van der Waals surface area contributed by atoms with Gasteiger partial charge in [-0.25, -0.2) is 0 Å². The average molecular weight is 318 g/mol. The maximum absolute atomic E-state index is 6.32. The molecule has 2 aliphatic heterocycles. The van der Waals surface area contributed by atoms with Crippen LogP contribution in [0.25, 0.3) is 0 Å². The van der Waals surface area contributed by atoms with Gasteiger partial charge in [-0.05, 0) is 37.3 Å². The summed E-state index contributed by atoms with van der Waals surface area (Å²) in [6, 6.07) is 5.15. The van der Waals surface area contributed by atoms with Crippen LogP contribution in [-0.2, 0) is 20.8 Å². The molecule has 5 nitrogen and oxygen atoms in total. The second-order valence-corrected chi connectivity index (χ2v) is 6.77. The lowest BCUT2D eigenvalue weighted by Crippen LogP contribution is -2.50. The molecule has 1 aliphatic carbocycles. The summed E-state index contributed by atoms with van der Waals surface area (Å²) in [7, 11) is 0. The molecule has 0 aromatic carbocycles. The van der Waals surface area contributed by atoms with Crippen LogP contribution in [0.3, 0.4) is 0 Å². The molecule has 3 heterocycles. The van der Waals surface area contributed by atoms with Crippen molar-refractivity contribution in [3.05, 3.63) is 30.1 Å². The normalized spacial score (nSPS) is 32.8. The van der Waals surface area contributed by atoms with Gasteiger partial charge in [0.25, 0.3) is 0 Å². The van der Waals surface area contributed by atoms with Gasteiger partial charge in [0.05, 0.1) is 25.4 Å². The van der Waals surface area contributed by atoms with Crippen molar-refractivity contribution < 1.29 is 14.2 Å². The zero-order valence-corrected chi connectivity index (χ0v) is 13.6. The van der Waals surface area contributed by atoms with E-state index in [0.717, 1.165) is 51.2 Å². The first-order valence-electron chi connectivity index (χ1n) is 8.87. The molecule has 3 aliphatic rings. The molecule has 2 bridgehead atoms. The summed E-state index contributed by atoms with van der Waals surface area (Å²) in [5, 5.41) is 0. The highest BCUT2D eigenvalue weighted by Gasteiger charge is 2.45. The van der Waals surface area contributed by atoms with Crippen molar-refractivity contribution in [2.45, 2.75) is 56.6 Å². The molecule has 0 amide bonds. The fourth-order valence-electron chi connectivity index (χ4n) is 4.28. The van der Waals surface area contributed by atoms with E-state index in [1.807, 2.05) is 12.3 Å². The zero-order valence-electron chi connectivity index (χ0n) is 13.6. The van der Waals surface area contributed by atoms with Gasteiger partial charge in [-0.1, -0.05) is 6.07 Å². The van der Waals surface area contributed by atoms with Crippen molar-refractivity contribution >= 4 is 0 Å². The van der Waals surface area contributed by atoms with Crippen molar-refractivity contribution in [3.8, 4) is 0 Å². The summed E-state index contributed by atoms with van der Waals surface area (Å²) in [5.41, 5.74) is 1.13. The third-order valence-corrected chi connectivity index (χ3v) is 5.43. The molecular formula is C18H26N2O3. The summed E-state index contributed by atoms with van der Waals surface area (Å²) in [6.45, 7) is 4.25. The molecule has 126 valence electrons. The van der Waals surface area contributed by atoms with Crippen LogP contribution in [0.2, 0.25) is 0 Å². The van der Waals surface area contributed by atoms with Gasteiger partial charge in [-0.3, -0.25) is 9.88 Å². The van der Waals surface area contributed by atoms with Crippen LogP contribution < -0.4 is 0 Å². The van der Waals surface area contributed by atoms with Crippen LogP contribution in [0.1, 0.15) is 31.2 Å². The monoisotopic (exact) mass is 318 g/mol. The van der Waals surface area contributed by atoms with Gasteiger partial charge >= 0.3 is 0 Å². The Morgan fingerprint density at radius 3 is 2.91 bits per heavy atom. The van der Waals surface area contributed by atoms with E-state index in [1.54, 1.807) is 6.20 Å². The van der Waals surface area contributed by atoms with E-state index >= 15 is 0 Å². The largest absolute Gasteiger partial charge is 0.381 e. The van der Waals surface area contributed by atoms with E-state index in [1.165, 1.54) is 6.42 Å². The van der Waals surface area contributed by atoms with Gasteiger partial charge in [0.1, 0.15) is 0 Å². The smallest absolute Gasteiger partial charge is 0.0995 e. The molecule has 23 heavy (non-hydrogen) atoms. The maximum Gasteiger partial charge on any atom is 0.0995 e. The summed E-state index contributed by atoms with van der Waals surface area (Å²) in [5.74, 6) is 0. The van der Waals surface area contributed by atoms with Crippen LogP contribution in [0.5, 0.6) is 0 Å².